The van der Waals surface area contributed by atoms with Crippen LogP contribution in [0.2, 0.25) is 0 Å². The molecule has 0 bridgehead atoms. The van der Waals surface area contributed by atoms with Crippen LogP contribution in [0.15, 0.2) is 66.0 Å². The van der Waals surface area contributed by atoms with E-state index in [0.717, 1.165) is 45.6 Å². The van der Waals surface area contributed by atoms with Crippen LogP contribution in [0.4, 0.5) is 0 Å². The predicted molar refractivity (Wildman–Crippen MR) is 152 cm³/mol. The summed E-state index contributed by atoms with van der Waals surface area (Å²) >= 11 is 1.52. The second kappa shape index (κ2) is 11.6. The molecular formula is C31H31N3O5S. The molecule has 3 aromatic carbocycles. The number of hydrogen-bond acceptors (Lipinski definition) is 8. The fourth-order valence-corrected chi connectivity index (χ4v) is 6.00. The minimum atomic E-state index is -0.0175. The average molecular weight is 558 g/mol. The largest absolute Gasteiger partial charge is 0.497 e. The van der Waals surface area contributed by atoms with Gasteiger partial charge in [-0.05, 0) is 41.3 Å². The van der Waals surface area contributed by atoms with Gasteiger partial charge in [0.05, 0.1) is 20.8 Å². The van der Waals surface area contributed by atoms with E-state index in [1.54, 1.807) is 14.2 Å². The first-order valence-corrected chi connectivity index (χ1v) is 14.1. The van der Waals surface area contributed by atoms with Crippen LogP contribution in [0.5, 0.6) is 23.0 Å². The number of benzene rings is 3. The third-order valence-corrected chi connectivity index (χ3v) is 8.11. The van der Waals surface area contributed by atoms with E-state index in [9.17, 15) is 4.79 Å². The smallest absolute Gasteiger partial charge is 0.273 e. The third-order valence-electron chi connectivity index (χ3n) is 7.28. The number of ether oxygens (including phenoxy) is 4. The summed E-state index contributed by atoms with van der Waals surface area (Å²) in [6, 6.07) is 20.2. The van der Waals surface area contributed by atoms with Crippen LogP contribution in [0.25, 0.3) is 0 Å². The number of rotatable bonds is 9. The second-order valence-electron chi connectivity index (χ2n) is 9.88. The molecule has 40 heavy (non-hydrogen) atoms. The Morgan fingerprint density at radius 3 is 2.67 bits per heavy atom. The number of aromatic nitrogens is 1. The van der Waals surface area contributed by atoms with E-state index in [2.05, 4.69) is 29.2 Å². The number of carbonyl (C=O) groups excluding carboxylic acids is 1. The van der Waals surface area contributed by atoms with Crippen molar-refractivity contribution in [3.05, 3.63) is 99.0 Å². The van der Waals surface area contributed by atoms with Crippen LogP contribution < -0.4 is 18.9 Å². The first kappa shape index (κ1) is 26.2. The highest BCUT2D eigenvalue weighted by Gasteiger charge is 2.24. The molecule has 2 aliphatic rings. The summed E-state index contributed by atoms with van der Waals surface area (Å²) in [5, 5.41) is 2.76. The lowest BCUT2D eigenvalue weighted by Crippen LogP contribution is -2.36. The van der Waals surface area contributed by atoms with Crippen molar-refractivity contribution in [2.75, 3.05) is 27.6 Å². The summed E-state index contributed by atoms with van der Waals surface area (Å²) in [5.41, 5.74) is 5.16. The molecule has 1 aromatic heterocycles. The number of fused-ring (bicyclic) bond motifs is 2. The predicted octanol–water partition coefficient (Wildman–Crippen LogP) is 5.29. The van der Waals surface area contributed by atoms with Crippen LogP contribution in [0.1, 0.15) is 37.7 Å². The van der Waals surface area contributed by atoms with Gasteiger partial charge < -0.3 is 23.8 Å². The zero-order chi connectivity index (χ0) is 27.5. The van der Waals surface area contributed by atoms with Gasteiger partial charge >= 0.3 is 0 Å². The number of hydrogen-bond donors (Lipinski definition) is 0. The Kier molecular flexibility index (Phi) is 7.57. The average Bonchev–Trinajstić information content (AvgIpc) is 3.66. The standard InChI is InChI=1S/C31H31N3O5S/c1-36-25-9-8-24(28(14-25)37-2)16-33(15-21-7-10-27-29(13-21)39-20-38-27)18-30-32-26(19-40-30)31(35)34-12-11-22-5-3-4-6-23(22)17-34/h3-10,13-14,19H,11-12,15-18,20H2,1-2H3. The molecule has 4 aromatic rings. The van der Waals surface area contributed by atoms with E-state index < -0.39 is 0 Å². The van der Waals surface area contributed by atoms with Crippen LogP contribution in [-0.2, 0) is 32.6 Å². The molecule has 6 rings (SSSR count). The van der Waals surface area contributed by atoms with Gasteiger partial charge in [-0.15, -0.1) is 11.3 Å². The van der Waals surface area contributed by atoms with Gasteiger partial charge in [-0.3, -0.25) is 9.69 Å². The number of thiazole rings is 1. The zero-order valence-electron chi connectivity index (χ0n) is 22.6. The molecule has 2 aliphatic heterocycles. The van der Waals surface area contributed by atoms with Crippen molar-refractivity contribution in [1.29, 1.82) is 0 Å². The maximum Gasteiger partial charge on any atom is 0.273 e. The van der Waals surface area contributed by atoms with Crippen molar-refractivity contribution in [3.8, 4) is 23.0 Å². The second-order valence-corrected chi connectivity index (χ2v) is 10.8. The topological polar surface area (TPSA) is 73.4 Å². The number of carbonyl (C=O) groups is 1. The van der Waals surface area contributed by atoms with E-state index >= 15 is 0 Å². The molecule has 0 radical (unpaired) electrons. The molecule has 9 heteroatoms. The van der Waals surface area contributed by atoms with Crippen molar-refractivity contribution < 1.29 is 23.7 Å². The molecule has 8 nitrogen and oxygen atoms in total. The monoisotopic (exact) mass is 557 g/mol. The highest BCUT2D eigenvalue weighted by atomic mass is 32.1. The van der Waals surface area contributed by atoms with Gasteiger partial charge in [0.15, 0.2) is 11.5 Å². The van der Waals surface area contributed by atoms with Crippen molar-refractivity contribution >= 4 is 17.2 Å². The van der Waals surface area contributed by atoms with E-state index in [-0.39, 0.29) is 12.7 Å². The van der Waals surface area contributed by atoms with Gasteiger partial charge in [0.1, 0.15) is 22.2 Å². The Hall–Kier alpha value is -4.08. The summed E-state index contributed by atoms with van der Waals surface area (Å²) in [7, 11) is 3.31. The first-order chi connectivity index (χ1) is 19.6. The molecule has 0 fully saturated rings. The molecule has 0 aliphatic carbocycles. The normalized spacial score (nSPS) is 13.8. The van der Waals surface area contributed by atoms with Crippen molar-refractivity contribution in [2.24, 2.45) is 0 Å². The van der Waals surface area contributed by atoms with Crippen molar-refractivity contribution in [2.45, 2.75) is 32.6 Å². The maximum absolute atomic E-state index is 13.3. The Bertz CT molecular complexity index is 1520. The van der Waals surface area contributed by atoms with Crippen LogP contribution in [0.3, 0.4) is 0 Å². The lowest BCUT2D eigenvalue weighted by molar-refractivity contribution is 0.0729. The summed E-state index contributed by atoms with van der Waals surface area (Å²) < 4.78 is 22.1. The van der Waals surface area contributed by atoms with Crippen LogP contribution >= 0.6 is 11.3 Å². The zero-order valence-corrected chi connectivity index (χ0v) is 23.4. The number of methoxy groups -OCH3 is 2. The van der Waals surface area contributed by atoms with Gasteiger partial charge in [-0.25, -0.2) is 4.98 Å². The highest BCUT2D eigenvalue weighted by Crippen LogP contribution is 2.34. The Balaban J connectivity index is 1.21. The Labute approximate surface area is 237 Å². The molecule has 0 saturated carbocycles. The molecule has 206 valence electrons. The molecule has 0 atom stereocenters. The summed E-state index contributed by atoms with van der Waals surface area (Å²) in [5.74, 6) is 3.00. The number of amides is 1. The van der Waals surface area contributed by atoms with Crippen molar-refractivity contribution in [1.82, 2.24) is 14.8 Å². The van der Waals surface area contributed by atoms with Crippen LogP contribution in [-0.4, -0.2) is 48.2 Å². The fraction of sp³-hybridized carbons (Fsp3) is 0.290. The maximum atomic E-state index is 13.3. The van der Waals surface area contributed by atoms with Gasteiger partial charge in [-0.1, -0.05) is 36.4 Å². The van der Waals surface area contributed by atoms with Gasteiger partial charge in [0, 0.05) is 43.2 Å². The SMILES string of the molecule is COc1ccc(CN(Cc2ccc3c(c2)OCO3)Cc2nc(C(=O)N3CCc4ccccc4C3)cs2)c(OC)c1. The van der Waals surface area contributed by atoms with E-state index in [1.807, 2.05) is 46.7 Å². The van der Waals surface area contributed by atoms with E-state index in [0.29, 0.717) is 38.4 Å². The van der Waals surface area contributed by atoms with E-state index in [4.69, 9.17) is 23.9 Å². The first-order valence-electron chi connectivity index (χ1n) is 13.2. The van der Waals surface area contributed by atoms with Gasteiger partial charge in [-0.2, -0.15) is 0 Å². The van der Waals surface area contributed by atoms with E-state index in [1.165, 1.54) is 22.5 Å². The molecule has 0 unspecified atom stereocenters. The molecule has 0 saturated heterocycles. The summed E-state index contributed by atoms with van der Waals surface area (Å²) in [6.07, 6.45) is 0.867. The number of nitrogens with zero attached hydrogens (tertiary/aromatic N) is 3. The summed E-state index contributed by atoms with van der Waals surface area (Å²) in [6.45, 7) is 3.41. The van der Waals surface area contributed by atoms with Gasteiger partial charge in [0.2, 0.25) is 6.79 Å². The minimum absolute atomic E-state index is 0.0175. The molecular weight excluding hydrogens is 526 g/mol. The quantitative estimate of drug-likeness (QED) is 0.277. The minimum Gasteiger partial charge on any atom is -0.497 e. The molecule has 3 heterocycles. The Morgan fingerprint density at radius 1 is 0.975 bits per heavy atom. The molecule has 1 amide bonds. The Morgan fingerprint density at radius 2 is 1.82 bits per heavy atom. The van der Waals surface area contributed by atoms with Crippen LogP contribution in [0, 0.1) is 0 Å². The molecule has 0 spiro atoms. The summed E-state index contributed by atoms with van der Waals surface area (Å²) in [4.78, 5) is 22.3. The molecule has 0 N–H and O–H groups in total. The third kappa shape index (κ3) is 5.61. The van der Waals surface area contributed by atoms with Gasteiger partial charge in [0.25, 0.3) is 5.91 Å². The highest BCUT2D eigenvalue weighted by molar-refractivity contribution is 7.09. The lowest BCUT2D eigenvalue weighted by Gasteiger charge is -2.28. The van der Waals surface area contributed by atoms with Crippen molar-refractivity contribution in [3.63, 3.8) is 0 Å². The lowest BCUT2D eigenvalue weighted by atomic mass is 10.00. The fourth-order valence-electron chi connectivity index (χ4n) is 5.19.